The summed E-state index contributed by atoms with van der Waals surface area (Å²) in [5.74, 6) is 0.677. The first-order valence-electron chi connectivity index (χ1n) is 10.0. The number of aromatic amines is 2. The summed E-state index contributed by atoms with van der Waals surface area (Å²) in [6.07, 6.45) is 0.458. The zero-order valence-corrected chi connectivity index (χ0v) is 17.8. The highest BCUT2D eigenvalue weighted by atomic mass is 16.1. The molecule has 0 amide bonds. The number of fused-ring (bicyclic) bond motifs is 1. The van der Waals surface area contributed by atoms with Crippen LogP contribution < -0.4 is 11.0 Å². The van der Waals surface area contributed by atoms with Gasteiger partial charge >= 0.3 is 0 Å². The molecule has 0 bridgehead atoms. The first kappa shape index (κ1) is 19.8. The molecular formula is C23H25N5O2. The maximum Gasteiger partial charge on any atom is 0.287 e. The number of H-pyrrole nitrogens is 2. The molecule has 0 aliphatic carbocycles. The van der Waals surface area contributed by atoms with E-state index in [0.717, 1.165) is 22.6 Å². The van der Waals surface area contributed by atoms with E-state index in [-0.39, 0.29) is 16.8 Å². The van der Waals surface area contributed by atoms with E-state index in [9.17, 15) is 9.59 Å². The first-order chi connectivity index (χ1) is 14.2. The van der Waals surface area contributed by atoms with E-state index in [0.29, 0.717) is 23.5 Å². The molecule has 4 aromatic rings. The van der Waals surface area contributed by atoms with Gasteiger partial charge in [-0.2, -0.15) is 4.68 Å². The number of rotatable bonds is 4. The highest BCUT2D eigenvalue weighted by Crippen LogP contribution is 2.17. The zero-order chi connectivity index (χ0) is 21.6. The first-order valence-corrected chi connectivity index (χ1v) is 10.0. The second-order valence-electron chi connectivity index (χ2n) is 8.08. The van der Waals surface area contributed by atoms with Crippen molar-refractivity contribution in [3.8, 4) is 5.95 Å². The molecule has 0 unspecified atom stereocenters. The number of hydrogen-bond donors (Lipinski definition) is 2. The van der Waals surface area contributed by atoms with E-state index in [4.69, 9.17) is 0 Å². The Morgan fingerprint density at radius 3 is 2.23 bits per heavy atom. The maximum atomic E-state index is 13.2. The molecule has 0 aliphatic rings. The van der Waals surface area contributed by atoms with E-state index in [1.165, 1.54) is 10.2 Å². The average molecular weight is 403 g/mol. The molecule has 3 aromatic heterocycles. The minimum Gasteiger partial charge on any atom is -0.343 e. The van der Waals surface area contributed by atoms with Crippen LogP contribution in [0, 0.1) is 20.8 Å². The highest BCUT2D eigenvalue weighted by Gasteiger charge is 2.18. The van der Waals surface area contributed by atoms with Crippen molar-refractivity contribution in [3.05, 3.63) is 84.7 Å². The van der Waals surface area contributed by atoms with Crippen LogP contribution in [0.15, 0.2) is 39.9 Å². The molecule has 3 heterocycles. The summed E-state index contributed by atoms with van der Waals surface area (Å²) in [5, 5.41) is 3.05. The average Bonchev–Trinajstić information content (AvgIpc) is 3.01. The van der Waals surface area contributed by atoms with Crippen LogP contribution in [-0.4, -0.2) is 24.7 Å². The highest BCUT2D eigenvalue weighted by molar-refractivity contribution is 5.75. The Kier molecular flexibility index (Phi) is 4.89. The van der Waals surface area contributed by atoms with Gasteiger partial charge in [0.25, 0.3) is 11.5 Å². The Labute approximate surface area is 173 Å². The van der Waals surface area contributed by atoms with Gasteiger partial charge in [-0.25, -0.2) is 9.97 Å². The molecule has 30 heavy (non-hydrogen) atoms. The molecular weight excluding hydrogens is 378 g/mol. The molecule has 0 radical (unpaired) electrons. The minimum atomic E-state index is -0.451. The Bertz CT molecular complexity index is 1340. The topological polar surface area (TPSA) is 96.4 Å². The lowest BCUT2D eigenvalue weighted by Gasteiger charge is -2.08. The Morgan fingerprint density at radius 2 is 1.63 bits per heavy atom. The summed E-state index contributed by atoms with van der Waals surface area (Å²) in [6.45, 7) is 9.82. The number of pyridine rings is 1. The van der Waals surface area contributed by atoms with Gasteiger partial charge in [-0.1, -0.05) is 38.1 Å². The van der Waals surface area contributed by atoms with Gasteiger partial charge in [0, 0.05) is 29.1 Å². The quantitative estimate of drug-likeness (QED) is 0.545. The number of aromatic nitrogens is 5. The third-order valence-corrected chi connectivity index (χ3v) is 5.35. The maximum absolute atomic E-state index is 13.2. The molecule has 4 rings (SSSR count). The summed E-state index contributed by atoms with van der Waals surface area (Å²) in [5.41, 5.74) is 4.75. The molecule has 1 aromatic carbocycles. The van der Waals surface area contributed by atoms with Crippen molar-refractivity contribution in [1.82, 2.24) is 24.7 Å². The van der Waals surface area contributed by atoms with Crippen LogP contribution in [0.5, 0.6) is 0 Å². The summed E-state index contributed by atoms with van der Waals surface area (Å²) >= 11 is 0. The summed E-state index contributed by atoms with van der Waals surface area (Å²) in [6, 6.07) is 10.1. The lowest BCUT2D eigenvalue weighted by molar-refractivity contribution is 0.777. The molecule has 0 saturated heterocycles. The molecule has 0 spiro atoms. The van der Waals surface area contributed by atoms with Crippen LogP contribution in [0.25, 0.3) is 17.0 Å². The van der Waals surface area contributed by atoms with Crippen LogP contribution in [0.4, 0.5) is 0 Å². The standard InChI is InChI=1S/C23H25N5O2/c1-12(2)17-8-6-16(7-9-17)11-18-15(5)26-21-19(20(18)29)22(30)28(27-21)23-24-13(3)10-14(4)25-23/h6-10,12H,11H2,1-5H3,(H2,26,27,29). The molecule has 2 N–H and O–H groups in total. The fourth-order valence-electron chi connectivity index (χ4n) is 3.71. The molecule has 154 valence electrons. The zero-order valence-electron chi connectivity index (χ0n) is 17.8. The van der Waals surface area contributed by atoms with Crippen LogP contribution >= 0.6 is 0 Å². The second-order valence-corrected chi connectivity index (χ2v) is 8.08. The molecule has 0 aliphatic heterocycles. The van der Waals surface area contributed by atoms with Crippen molar-refractivity contribution in [1.29, 1.82) is 0 Å². The van der Waals surface area contributed by atoms with E-state index < -0.39 is 5.56 Å². The van der Waals surface area contributed by atoms with Gasteiger partial charge in [-0.3, -0.25) is 14.7 Å². The fourth-order valence-corrected chi connectivity index (χ4v) is 3.71. The lowest BCUT2D eigenvalue weighted by atomic mass is 9.98. The third-order valence-electron chi connectivity index (χ3n) is 5.35. The molecule has 7 nitrogen and oxygen atoms in total. The van der Waals surface area contributed by atoms with Crippen LogP contribution in [0.1, 0.15) is 53.5 Å². The van der Waals surface area contributed by atoms with Gasteiger partial charge < -0.3 is 4.98 Å². The predicted octanol–water partition coefficient (Wildman–Crippen LogP) is 3.44. The van der Waals surface area contributed by atoms with Crippen molar-refractivity contribution < 1.29 is 0 Å². The molecule has 0 saturated carbocycles. The number of nitrogens with one attached hydrogen (secondary N) is 2. The number of nitrogens with zero attached hydrogens (tertiary/aromatic N) is 3. The van der Waals surface area contributed by atoms with Crippen LogP contribution in [0.2, 0.25) is 0 Å². The van der Waals surface area contributed by atoms with Gasteiger partial charge in [-0.05, 0) is 43.9 Å². The van der Waals surface area contributed by atoms with Crippen molar-refractivity contribution in [2.45, 2.75) is 47.0 Å². The Morgan fingerprint density at radius 1 is 1.00 bits per heavy atom. The monoisotopic (exact) mass is 403 g/mol. The Hall–Kier alpha value is -3.48. The molecule has 7 heteroatoms. The predicted molar refractivity (Wildman–Crippen MR) is 118 cm³/mol. The SMILES string of the molecule is Cc1cc(C)nc(-n2[nH]c3[nH]c(C)c(Cc4ccc(C(C)C)cc4)c(=O)c3c2=O)n1. The van der Waals surface area contributed by atoms with Crippen molar-refractivity contribution in [2.24, 2.45) is 0 Å². The smallest absolute Gasteiger partial charge is 0.287 e. The van der Waals surface area contributed by atoms with E-state index >= 15 is 0 Å². The number of benzene rings is 1. The third kappa shape index (κ3) is 3.47. The van der Waals surface area contributed by atoms with Gasteiger partial charge in [0.1, 0.15) is 11.0 Å². The van der Waals surface area contributed by atoms with E-state index in [1.807, 2.05) is 39.0 Å². The Balaban J connectivity index is 1.82. The van der Waals surface area contributed by atoms with Gasteiger partial charge in [0.15, 0.2) is 5.43 Å². The lowest BCUT2D eigenvalue weighted by Crippen LogP contribution is -2.22. The molecule has 0 atom stereocenters. The van der Waals surface area contributed by atoms with Crippen LogP contribution in [-0.2, 0) is 6.42 Å². The summed E-state index contributed by atoms with van der Waals surface area (Å²) < 4.78 is 1.23. The van der Waals surface area contributed by atoms with E-state index in [1.54, 1.807) is 0 Å². The van der Waals surface area contributed by atoms with Crippen LogP contribution in [0.3, 0.4) is 0 Å². The fraction of sp³-hybridized carbons (Fsp3) is 0.304. The van der Waals surface area contributed by atoms with E-state index in [2.05, 4.69) is 46.0 Å². The van der Waals surface area contributed by atoms with Crippen molar-refractivity contribution >= 4 is 11.0 Å². The summed E-state index contributed by atoms with van der Waals surface area (Å²) in [4.78, 5) is 38.1. The van der Waals surface area contributed by atoms with Gasteiger partial charge in [-0.15, -0.1) is 0 Å². The number of aryl methyl sites for hydroxylation is 3. The molecule has 0 fully saturated rings. The van der Waals surface area contributed by atoms with Crippen molar-refractivity contribution in [2.75, 3.05) is 0 Å². The summed E-state index contributed by atoms with van der Waals surface area (Å²) in [7, 11) is 0. The second kappa shape index (κ2) is 7.40. The largest absolute Gasteiger partial charge is 0.343 e. The minimum absolute atomic E-state index is 0.0946. The normalized spacial score (nSPS) is 11.5. The van der Waals surface area contributed by atoms with Crippen molar-refractivity contribution in [3.63, 3.8) is 0 Å². The van der Waals surface area contributed by atoms with Gasteiger partial charge in [0.05, 0.1) is 0 Å². The van der Waals surface area contributed by atoms with Gasteiger partial charge in [0.2, 0.25) is 0 Å². The number of hydrogen-bond acceptors (Lipinski definition) is 4.